The van der Waals surface area contributed by atoms with Gasteiger partial charge < -0.3 is 20.1 Å². The number of hydrogen-bond acceptors (Lipinski definition) is 3. The van der Waals surface area contributed by atoms with Gasteiger partial charge in [-0.3, -0.25) is 0 Å². The first kappa shape index (κ1) is 23.4. The fourth-order valence-corrected chi connectivity index (χ4v) is 4.39. The van der Waals surface area contributed by atoms with Crippen molar-refractivity contribution in [3.05, 3.63) is 18.2 Å². The average Bonchev–Trinajstić information content (AvgIpc) is 3.32. The molecule has 0 unspecified atom stereocenters. The highest BCUT2D eigenvalue weighted by atomic mass is 127. The molecular formula is C21H39IN6. The Morgan fingerprint density at radius 3 is 2.57 bits per heavy atom. The van der Waals surface area contributed by atoms with Gasteiger partial charge in [0, 0.05) is 50.7 Å². The first-order valence-electron chi connectivity index (χ1n) is 10.9. The van der Waals surface area contributed by atoms with Crippen LogP contribution in [0.1, 0.15) is 65.1 Å². The summed E-state index contributed by atoms with van der Waals surface area (Å²) in [7, 11) is 0. The van der Waals surface area contributed by atoms with Crippen LogP contribution < -0.4 is 10.6 Å². The van der Waals surface area contributed by atoms with Gasteiger partial charge in [-0.05, 0) is 38.5 Å². The van der Waals surface area contributed by atoms with Gasteiger partial charge in [0.15, 0.2) is 5.96 Å². The lowest BCUT2D eigenvalue weighted by Gasteiger charge is -2.36. The zero-order chi connectivity index (χ0) is 19.1. The molecule has 1 aliphatic heterocycles. The number of piperidine rings is 1. The van der Waals surface area contributed by atoms with E-state index in [1.807, 2.05) is 6.20 Å². The van der Waals surface area contributed by atoms with E-state index in [-0.39, 0.29) is 24.0 Å². The van der Waals surface area contributed by atoms with Crippen molar-refractivity contribution in [3.63, 3.8) is 0 Å². The first-order chi connectivity index (χ1) is 13.2. The van der Waals surface area contributed by atoms with Crippen molar-refractivity contribution in [3.8, 4) is 0 Å². The van der Waals surface area contributed by atoms with Crippen molar-refractivity contribution in [1.29, 1.82) is 0 Å². The molecule has 1 aromatic heterocycles. The van der Waals surface area contributed by atoms with E-state index in [1.54, 1.807) is 0 Å². The van der Waals surface area contributed by atoms with E-state index < -0.39 is 0 Å². The van der Waals surface area contributed by atoms with Crippen molar-refractivity contribution in [2.45, 2.75) is 84.5 Å². The summed E-state index contributed by atoms with van der Waals surface area (Å²) in [6.45, 7) is 11.5. The number of likely N-dealkylation sites (tertiary alicyclic amines) is 1. The number of hydrogen-bond donors (Lipinski definition) is 2. The van der Waals surface area contributed by atoms with Gasteiger partial charge in [-0.1, -0.05) is 26.7 Å². The standard InChI is InChI=1S/C21H38N6.HI/c1-4-22-21(24-15-20-23-11-14-27(20)16-17(2)3)25-18-9-12-26(13-10-18)19-7-5-6-8-19;/h11,14,17-19H,4-10,12-13,15-16H2,1-3H3,(H2,22,24,25);1H. The molecule has 1 aromatic rings. The second-order valence-corrected chi connectivity index (χ2v) is 8.48. The summed E-state index contributed by atoms with van der Waals surface area (Å²) in [5, 5.41) is 7.07. The highest BCUT2D eigenvalue weighted by Gasteiger charge is 2.27. The number of rotatable bonds is 7. The molecule has 1 saturated carbocycles. The Balaban J connectivity index is 0.00000280. The third kappa shape index (κ3) is 6.90. The number of guanidine groups is 1. The third-order valence-corrected chi connectivity index (χ3v) is 5.80. The zero-order valence-electron chi connectivity index (χ0n) is 17.9. The number of nitrogens with zero attached hydrogens (tertiary/aromatic N) is 4. The van der Waals surface area contributed by atoms with E-state index in [0.717, 1.165) is 30.9 Å². The quantitative estimate of drug-likeness (QED) is 0.340. The monoisotopic (exact) mass is 502 g/mol. The fourth-order valence-electron chi connectivity index (χ4n) is 4.39. The molecule has 160 valence electrons. The Labute approximate surface area is 188 Å². The minimum atomic E-state index is 0. The van der Waals surface area contributed by atoms with Crippen LogP contribution in [0.5, 0.6) is 0 Å². The van der Waals surface area contributed by atoms with Gasteiger partial charge in [-0.15, -0.1) is 24.0 Å². The molecule has 0 aromatic carbocycles. The predicted octanol–water partition coefficient (Wildman–Crippen LogP) is 3.62. The molecule has 2 fully saturated rings. The molecule has 28 heavy (non-hydrogen) atoms. The molecular weight excluding hydrogens is 463 g/mol. The Kier molecular flexibility index (Phi) is 10.0. The van der Waals surface area contributed by atoms with Crippen LogP contribution in [0, 0.1) is 5.92 Å². The summed E-state index contributed by atoms with van der Waals surface area (Å²) >= 11 is 0. The third-order valence-electron chi connectivity index (χ3n) is 5.80. The van der Waals surface area contributed by atoms with Crippen LogP contribution >= 0.6 is 24.0 Å². The molecule has 3 rings (SSSR count). The summed E-state index contributed by atoms with van der Waals surface area (Å²) in [6, 6.07) is 1.38. The van der Waals surface area contributed by atoms with Crippen LogP contribution in [0.2, 0.25) is 0 Å². The zero-order valence-corrected chi connectivity index (χ0v) is 20.2. The maximum atomic E-state index is 4.81. The second-order valence-electron chi connectivity index (χ2n) is 8.48. The van der Waals surface area contributed by atoms with Gasteiger partial charge in [0.05, 0.1) is 0 Å². The van der Waals surface area contributed by atoms with Crippen LogP contribution in [0.4, 0.5) is 0 Å². The molecule has 6 nitrogen and oxygen atoms in total. The lowest BCUT2D eigenvalue weighted by molar-refractivity contribution is 0.150. The molecule has 0 spiro atoms. The van der Waals surface area contributed by atoms with Crippen LogP contribution in [-0.2, 0) is 13.1 Å². The minimum absolute atomic E-state index is 0. The highest BCUT2D eigenvalue weighted by molar-refractivity contribution is 14.0. The van der Waals surface area contributed by atoms with Crippen molar-refractivity contribution >= 4 is 29.9 Å². The first-order valence-corrected chi connectivity index (χ1v) is 10.9. The van der Waals surface area contributed by atoms with E-state index in [4.69, 9.17) is 4.99 Å². The topological polar surface area (TPSA) is 57.5 Å². The van der Waals surface area contributed by atoms with Crippen molar-refractivity contribution in [2.24, 2.45) is 10.9 Å². The Morgan fingerprint density at radius 1 is 1.21 bits per heavy atom. The molecule has 2 aliphatic rings. The molecule has 0 atom stereocenters. The molecule has 1 aliphatic carbocycles. The maximum Gasteiger partial charge on any atom is 0.191 e. The molecule has 2 heterocycles. The number of imidazole rings is 1. The number of halogens is 1. The SMILES string of the molecule is CCNC(=NCc1nccn1CC(C)C)NC1CCN(C2CCCC2)CC1.I. The van der Waals surface area contributed by atoms with Crippen LogP contribution in [0.15, 0.2) is 17.4 Å². The molecule has 0 bridgehead atoms. The average molecular weight is 502 g/mol. The Morgan fingerprint density at radius 2 is 1.93 bits per heavy atom. The number of aliphatic imine (C=N–C) groups is 1. The summed E-state index contributed by atoms with van der Waals surface area (Å²) in [5.41, 5.74) is 0. The van der Waals surface area contributed by atoms with Gasteiger partial charge >= 0.3 is 0 Å². The summed E-state index contributed by atoms with van der Waals surface area (Å²) in [4.78, 5) is 12.0. The van der Waals surface area contributed by atoms with Gasteiger partial charge in [0.2, 0.25) is 0 Å². The van der Waals surface area contributed by atoms with Gasteiger partial charge in [0.25, 0.3) is 0 Å². The van der Waals surface area contributed by atoms with E-state index in [0.29, 0.717) is 18.5 Å². The molecule has 2 N–H and O–H groups in total. The summed E-state index contributed by atoms with van der Waals surface area (Å²) < 4.78 is 2.22. The molecule has 0 radical (unpaired) electrons. The predicted molar refractivity (Wildman–Crippen MR) is 127 cm³/mol. The van der Waals surface area contributed by atoms with E-state index in [1.165, 1.54) is 51.6 Å². The van der Waals surface area contributed by atoms with E-state index in [9.17, 15) is 0 Å². The largest absolute Gasteiger partial charge is 0.357 e. The van der Waals surface area contributed by atoms with Crippen LogP contribution in [-0.4, -0.2) is 52.1 Å². The maximum absolute atomic E-state index is 4.81. The van der Waals surface area contributed by atoms with Crippen LogP contribution in [0.3, 0.4) is 0 Å². The number of nitrogens with one attached hydrogen (secondary N) is 2. The summed E-state index contributed by atoms with van der Waals surface area (Å²) in [5.74, 6) is 2.58. The Bertz CT molecular complexity index is 585. The molecule has 0 amide bonds. The fraction of sp³-hybridized carbons (Fsp3) is 0.810. The van der Waals surface area contributed by atoms with Crippen LogP contribution in [0.25, 0.3) is 0 Å². The lowest BCUT2D eigenvalue weighted by Crippen LogP contribution is -2.50. The van der Waals surface area contributed by atoms with Gasteiger partial charge in [-0.2, -0.15) is 0 Å². The van der Waals surface area contributed by atoms with E-state index in [2.05, 4.69) is 52.1 Å². The van der Waals surface area contributed by atoms with Gasteiger partial charge in [-0.25, -0.2) is 9.98 Å². The smallest absolute Gasteiger partial charge is 0.191 e. The second kappa shape index (κ2) is 12.0. The van der Waals surface area contributed by atoms with Crippen molar-refractivity contribution < 1.29 is 0 Å². The molecule has 7 heteroatoms. The normalized spacial score (nSPS) is 19.8. The van der Waals surface area contributed by atoms with Gasteiger partial charge in [0.1, 0.15) is 12.4 Å². The lowest BCUT2D eigenvalue weighted by atomic mass is 10.0. The minimum Gasteiger partial charge on any atom is -0.357 e. The summed E-state index contributed by atoms with van der Waals surface area (Å²) in [6.07, 6.45) is 12.0. The van der Waals surface area contributed by atoms with Crippen molar-refractivity contribution in [1.82, 2.24) is 25.1 Å². The Hall–Kier alpha value is -0.830. The highest BCUT2D eigenvalue weighted by Crippen LogP contribution is 2.26. The molecule has 1 saturated heterocycles. The number of aromatic nitrogens is 2. The van der Waals surface area contributed by atoms with E-state index >= 15 is 0 Å². The van der Waals surface area contributed by atoms with Crippen molar-refractivity contribution in [2.75, 3.05) is 19.6 Å².